The molecule has 0 bridgehead atoms. The molecule has 3 aromatic carbocycles. The number of carbonyl (C=O) groups excluding carboxylic acids is 3. The fourth-order valence-electron chi connectivity index (χ4n) is 4.44. The molecule has 38 heavy (non-hydrogen) atoms. The summed E-state index contributed by atoms with van der Waals surface area (Å²) in [7, 11) is 0. The van der Waals surface area contributed by atoms with Gasteiger partial charge in [0, 0.05) is 17.1 Å². The van der Waals surface area contributed by atoms with Gasteiger partial charge >= 0.3 is 0 Å². The Balaban J connectivity index is 1.78. The van der Waals surface area contributed by atoms with Crippen LogP contribution in [-0.2, 0) is 14.4 Å². The van der Waals surface area contributed by atoms with Gasteiger partial charge in [0.1, 0.15) is 5.76 Å². The van der Waals surface area contributed by atoms with E-state index in [0.29, 0.717) is 16.4 Å². The predicted octanol–water partition coefficient (Wildman–Crippen LogP) is 4.57. The summed E-state index contributed by atoms with van der Waals surface area (Å²) in [6.45, 7) is 1.13. The van der Waals surface area contributed by atoms with Gasteiger partial charge in [-0.1, -0.05) is 48.0 Å². The third-order valence-corrected chi connectivity index (χ3v) is 7.71. The van der Waals surface area contributed by atoms with E-state index in [1.165, 1.54) is 36.1 Å². The van der Waals surface area contributed by atoms with Crippen LogP contribution >= 0.6 is 23.4 Å². The second-order valence-electron chi connectivity index (χ2n) is 8.78. The van der Waals surface area contributed by atoms with Crippen molar-refractivity contribution in [3.63, 3.8) is 0 Å². The molecule has 0 aliphatic carbocycles. The van der Waals surface area contributed by atoms with Gasteiger partial charge in [-0.25, -0.2) is 4.99 Å². The molecule has 5 rings (SSSR count). The highest BCUT2D eigenvalue weighted by Gasteiger charge is 2.68. The number of ketones is 1. The molecule has 2 fully saturated rings. The van der Waals surface area contributed by atoms with Gasteiger partial charge in [0.25, 0.3) is 17.6 Å². The minimum atomic E-state index is -2.00. The van der Waals surface area contributed by atoms with E-state index in [-0.39, 0.29) is 22.8 Å². The van der Waals surface area contributed by atoms with Crippen molar-refractivity contribution in [2.75, 3.05) is 11.4 Å². The summed E-state index contributed by atoms with van der Waals surface area (Å²) in [6, 6.07) is 23.7. The molecule has 2 heterocycles. The minimum Gasteiger partial charge on any atom is -0.507 e. The lowest BCUT2D eigenvalue weighted by molar-refractivity contribution is -0.142. The molecule has 0 aromatic heterocycles. The third kappa shape index (κ3) is 4.28. The Bertz CT molecular complexity index is 1480. The van der Waals surface area contributed by atoms with Crippen molar-refractivity contribution in [3.05, 3.63) is 101 Å². The standard InChI is InChI=1S/C28H22ClN3O5S/c1-17(33)16-31-25(36)24(35)22(23(34)18-12-14-19(29)15-13-18)28(31)26(37)32(21-10-6-3-7-11-21)27(38-28)30-20-8-4-2-5-9-20/h2-15,17,33-34H,16H2,1H3/b23-22-,30-27?. The van der Waals surface area contributed by atoms with Gasteiger partial charge in [0.05, 0.1) is 23.1 Å². The van der Waals surface area contributed by atoms with Crippen LogP contribution in [0.1, 0.15) is 12.5 Å². The highest BCUT2D eigenvalue weighted by atomic mass is 35.5. The molecule has 2 N–H and O–H groups in total. The number of Topliss-reactive ketones (excluding diaryl/α,β-unsaturated/α-hetero) is 1. The Kier molecular flexibility index (Phi) is 6.83. The molecule has 2 atom stereocenters. The molecule has 2 saturated heterocycles. The number of anilines is 1. The zero-order valence-corrected chi connectivity index (χ0v) is 21.7. The van der Waals surface area contributed by atoms with E-state index in [2.05, 4.69) is 4.99 Å². The van der Waals surface area contributed by atoms with Crippen LogP contribution in [0, 0.1) is 0 Å². The number of amidine groups is 1. The molecule has 2 aliphatic rings. The zero-order chi connectivity index (χ0) is 27.0. The molecule has 2 amide bonds. The van der Waals surface area contributed by atoms with Gasteiger partial charge in [-0.3, -0.25) is 19.3 Å². The average molecular weight is 548 g/mol. The number of amides is 2. The minimum absolute atomic E-state index is 0.201. The first-order valence-electron chi connectivity index (χ1n) is 11.7. The van der Waals surface area contributed by atoms with E-state index in [9.17, 15) is 24.6 Å². The van der Waals surface area contributed by atoms with Crippen molar-refractivity contribution >= 4 is 63.3 Å². The molecule has 10 heteroatoms. The molecule has 0 saturated carbocycles. The first-order chi connectivity index (χ1) is 18.2. The number of hydrogen-bond donors (Lipinski definition) is 2. The first kappa shape index (κ1) is 25.7. The number of aliphatic hydroxyl groups excluding tert-OH is 2. The van der Waals surface area contributed by atoms with Crippen molar-refractivity contribution < 1.29 is 24.6 Å². The summed E-state index contributed by atoms with van der Waals surface area (Å²) in [5, 5.41) is 22.2. The molecule has 3 aromatic rings. The lowest BCUT2D eigenvalue weighted by atomic mass is 9.99. The largest absolute Gasteiger partial charge is 0.507 e. The predicted molar refractivity (Wildman–Crippen MR) is 147 cm³/mol. The Morgan fingerprint density at radius 2 is 1.58 bits per heavy atom. The quantitative estimate of drug-likeness (QED) is 0.275. The number of β-amino-alcohol motifs (C(OH)–C–C–N with tert-alkyl or cyclic N) is 1. The molecular formula is C28H22ClN3O5S. The van der Waals surface area contributed by atoms with Gasteiger partial charge < -0.3 is 15.1 Å². The van der Waals surface area contributed by atoms with Crippen molar-refractivity contribution in [1.29, 1.82) is 0 Å². The highest BCUT2D eigenvalue weighted by Crippen LogP contribution is 2.52. The average Bonchev–Trinajstić information content (AvgIpc) is 3.30. The van der Waals surface area contributed by atoms with E-state index in [1.807, 2.05) is 6.07 Å². The topological polar surface area (TPSA) is 111 Å². The normalized spacial score (nSPS) is 22.6. The third-order valence-electron chi connectivity index (χ3n) is 6.11. The monoisotopic (exact) mass is 547 g/mol. The Morgan fingerprint density at radius 1 is 0.974 bits per heavy atom. The van der Waals surface area contributed by atoms with E-state index >= 15 is 0 Å². The maximum atomic E-state index is 14.4. The first-order valence-corrected chi connectivity index (χ1v) is 12.9. The molecule has 2 unspecified atom stereocenters. The van der Waals surface area contributed by atoms with Gasteiger partial charge in [-0.2, -0.15) is 0 Å². The van der Waals surface area contributed by atoms with Gasteiger partial charge in [-0.15, -0.1) is 0 Å². The lowest BCUT2D eigenvalue weighted by Crippen LogP contribution is -2.53. The summed E-state index contributed by atoms with van der Waals surface area (Å²) in [5.74, 6) is -3.23. The van der Waals surface area contributed by atoms with Crippen molar-refractivity contribution in [1.82, 2.24) is 4.90 Å². The fourth-order valence-corrected chi connectivity index (χ4v) is 5.99. The van der Waals surface area contributed by atoms with Crippen molar-refractivity contribution in [2.24, 2.45) is 4.99 Å². The van der Waals surface area contributed by atoms with Crippen LogP contribution in [0.2, 0.25) is 5.02 Å². The van der Waals surface area contributed by atoms with Crippen LogP contribution in [0.4, 0.5) is 11.4 Å². The summed E-state index contributed by atoms with van der Waals surface area (Å²) < 4.78 is 0. The number of para-hydroxylation sites is 2. The number of thioether (sulfide) groups is 1. The summed E-state index contributed by atoms with van der Waals surface area (Å²) >= 11 is 6.87. The summed E-state index contributed by atoms with van der Waals surface area (Å²) in [4.78, 5) is 46.3. The number of carbonyl (C=O) groups is 3. The van der Waals surface area contributed by atoms with Crippen molar-refractivity contribution in [3.8, 4) is 0 Å². The Morgan fingerprint density at radius 3 is 2.18 bits per heavy atom. The maximum Gasteiger partial charge on any atom is 0.296 e. The fraction of sp³-hybridized carbons (Fsp3) is 0.143. The van der Waals surface area contributed by atoms with Gasteiger partial charge in [0.2, 0.25) is 4.87 Å². The Hall–Kier alpha value is -3.92. The second-order valence-corrected chi connectivity index (χ2v) is 10.4. The molecular weight excluding hydrogens is 526 g/mol. The van der Waals surface area contributed by atoms with E-state index in [0.717, 1.165) is 16.7 Å². The van der Waals surface area contributed by atoms with E-state index < -0.39 is 34.3 Å². The number of aliphatic imine (C=N–C) groups is 1. The SMILES string of the molecule is CC(O)CN1C(=O)C(=O)/C(=C(/O)c2ccc(Cl)cc2)C12SC(=Nc1ccccc1)N(c1ccccc1)C2=O. The number of aliphatic hydroxyl groups is 2. The number of halogens is 1. The van der Waals surface area contributed by atoms with Crippen LogP contribution in [0.25, 0.3) is 5.76 Å². The molecule has 8 nitrogen and oxygen atoms in total. The molecule has 0 radical (unpaired) electrons. The van der Waals surface area contributed by atoms with E-state index in [1.54, 1.807) is 54.6 Å². The summed E-state index contributed by atoms with van der Waals surface area (Å²) in [6.07, 6.45) is -1.06. The van der Waals surface area contributed by atoms with Gasteiger partial charge in [0.15, 0.2) is 5.17 Å². The van der Waals surface area contributed by atoms with Crippen molar-refractivity contribution in [2.45, 2.75) is 17.9 Å². The number of benzene rings is 3. The zero-order valence-electron chi connectivity index (χ0n) is 20.1. The van der Waals surface area contributed by atoms with Crippen LogP contribution in [0.3, 0.4) is 0 Å². The van der Waals surface area contributed by atoms with Crippen LogP contribution in [0.5, 0.6) is 0 Å². The number of nitrogens with zero attached hydrogens (tertiary/aromatic N) is 3. The Labute approximate surface area is 227 Å². The highest BCUT2D eigenvalue weighted by molar-refractivity contribution is 8.17. The number of likely N-dealkylation sites (tertiary alicyclic amines) is 1. The molecule has 2 aliphatic heterocycles. The maximum absolute atomic E-state index is 14.4. The number of rotatable bonds is 5. The second kappa shape index (κ2) is 10.1. The van der Waals surface area contributed by atoms with E-state index in [4.69, 9.17) is 11.6 Å². The molecule has 192 valence electrons. The lowest BCUT2D eigenvalue weighted by Gasteiger charge is -2.32. The van der Waals surface area contributed by atoms with Gasteiger partial charge in [-0.05, 0) is 67.2 Å². The summed E-state index contributed by atoms with van der Waals surface area (Å²) in [5.41, 5.74) is 0.827. The van der Waals surface area contributed by atoms with Crippen LogP contribution in [0.15, 0.2) is 95.5 Å². The van der Waals surface area contributed by atoms with Crippen LogP contribution in [-0.4, -0.2) is 55.4 Å². The van der Waals surface area contributed by atoms with Crippen LogP contribution < -0.4 is 4.90 Å². The molecule has 1 spiro atoms. The smallest absolute Gasteiger partial charge is 0.296 e. The number of hydrogen-bond acceptors (Lipinski definition) is 7.